The van der Waals surface area contributed by atoms with Crippen molar-refractivity contribution in [3.63, 3.8) is 0 Å². The highest BCUT2D eigenvalue weighted by atomic mass is 15.0. The van der Waals surface area contributed by atoms with Crippen molar-refractivity contribution in [2.45, 2.75) is 19.8 Å². The third-order valence-electron chi connectivity index (χ3n) is 3.39. The van der Waals surface area contributed by atoms with Crippen LogP contribution in [0, 0.1) is 0 Å². The van der Waals surface area contributed by atoms with Gasteiger partial charge in [-0.2, -0.15) is 0 Å². The number of fused-ring (bicyclic) bond motifs is 3. The van der Waals surface area contributed by atoms with Crippen LogP contribution in [0.5, 0.6) is 0 Å². The molecule has 2 heteroatoms. The summed E-state index contributed by atoms with van der Waals surface area (Å²) in [6, 6.07) is 10.8. The van der Waals surface area contributed by atoms with E-state index < -0.39 is 0 Å². The summed E-state index contributed by atoms with van der Waals surface area (Å²) in [5, 5.41) is 2.59. The van der Waals surface area contributed by atoms with Crippen molar-refractivity contribution in [3.05, 3.63) is 42.2 Å². The second kappa shape index (κ2) is 3.59. The number of hydrogen-bond donors (Lipinski definition) is 0. The van der Waals surface area contributed by atoms with Crippen LogP contribution in [-0.2, 0) is 7.05 Å². The molecule has 0 saturated heterocycles. The highest BCUT2D eigenvalue weighted by Gasteiger charge is 2.11. The molecule has 1 aromatic heterocycles. The Balaban J connectivity index is 2.56. The van der Waals surface area contributed by atoms with E-state index >= 15 is 0 Å². The summed E-state index contributed by atoms with van der Waals surface area (Å²) in [5.41, 5.74) is 3.72. The first kappa shape index (κ1) is 10.3. The average molecular weight is 224 g/mol. The Kier molecular flexibility index (Phi) is 2.18. The molecule has 0 unspecified atom stereocenters. The van der Waals surface area contributed by atoms with Crippen LogP contribution in [0.2, 0.25) is 0 Å². The lowest BCUT2D eigenvalue weighted by Gasteiger charge is -2.11. The van der Waals surface area contributed by atoms with Crippen LogP contribution < -0.4 is 0 Å². The normalized spacial score (nSPS) is 11.8. The Labute approximate surface area is 101 Å². The van der Waals surface area contributed by atoms with Crippen LogP contribution in [0.25, 0.3) is 21.8 Å². The van der Waals surface area contributed by atoms with Gasteiger partial charge in [0, 0.05) is 12.4 Å². The lowest BCUT2D eigenvalue weighted by molar-refractivity contribution is 0.874. The van der Waals surface area contributed by atoms with E-state index in [2.05, 4.69) is 53.7 Å². The second-order valence-electron chi connectivity index (χ2n) is 4.89. The largest absolute Gasteiger partial charge is 0.334 e. The molecule has 0 N–H and O–H groups in total. The summed E-state index contributed by atoms with van der Waals surface area (Å²) in [5.74, 6) is 0.527. The Bertz CT molecular complexity index is 693. The fourth-order valence-corrected chi connectivity index (χ4v) is 2.46. The maximum atomic E-state index is 4.51. The van der Waals surface area contributed by atoms with Gasteiger partial charge in [0.25, 0.3) is 0 Å². The highest BCUT2D eigenvalue weighted by molar-refractivity contribution is 6.06. The highest BCUT2D eigenvalue weighted by Crippen LogP contribution is 2.31. The van der Waals surface area contributed by atoms with Crippen molar-refractivity contribution >= 4 is 21.8 Å². The third-order valence-corrected chi connectivity index (χ3v) is 3.39. The van der Waals surface area contributed by atoms with Gasteiger partial charge in [0.05, 0.1) is 17.4 Å². The van der Waals surface area contributed by atoms with Crippen molar-refractivity contribution in [2.75, 3.05) is 0 Å². The van der Waals surface area contributed by atoms with Gasteiger partial charge in [-0.1, -0.05) is 38.1 Å². The topological polar surface area (TPSA) is 17.8 Å². The Morgan fingerprint density at radius 3 is 2.53 bits per heavy atom. The van der Waals surface area contributed by atoms with Crippen LogP contribution in [0.1, 0.15) is 25.3 Å². The summed E-state index contributed by atoms with van der Waals surface area (Å²) >= 11 is 0. The predicted octanol–water partition coefficient (Wildman–Crippen LogP) is 3.85. The minimum Gasteiger partial charge on any atom is -0.334 e. The lowest BCUT2D eigenvalue weighted by atomic mass is 9.95. The molecule has 2 nitrogen and oxygen atoms in total. The second-order valence-corrected chi connectivity index (χ2v) is 4.89. The molecule has 3 rings (SSSR count). The zero-order valence-electron chi connectivity index (χ0n) is 10.4. The molecule has 17 heavy (non-hydrogen) atoms. The molecular weight excluding hydrogens is 208 g/mol. The van der Waals surface area contributed by atoms with E-state index in [1.54, 1.807) is 0 Å². The van der Waals surface area contributed by atoms with E-state index in [0.29, 0.717) is 5.92 Å². The lowest BCUT2D eigenvalue weighted by Crippen LogP contribution is -1.92. The fourth-order valence-electron chi connectivity index (χ4n) is 2.46. The standard InChI is InChI=1S/C15H16N2/c1-10(2)13-8-14-15(16-9-17(14)3)12-7-5-4-6-11(12)13/h4-10H,1-3H3. The van der Waals surface area contributed by atoms with E-state index in [1.807, 2.05) is 13.4 Å². The first-order chi connectivity index (χ1) is 8.18. The monoisotopic (exact) mass is 224 g/mol. The molecule has 0 atom stereocenters. The fraction of sp³-hybridized carbons (Fsp3) is 0.267. The van der Waals surface area contributed by atoms with E-state index in [-0.39, 0.29) is 0 Å². The van der Waals surface area contributed by atoms with Gasteiger partial charge in [-0.25, -0.2) is 4.98 Å². The van der Waals surface area contributed by atoms with Crippen LogP contribution in [0.4, 0.5) is 0 Å². The van der Waals surface area contributed by atoms with Crippen LogP contribution in [0.3, 0.4) is 0 Å². The van der Waals surface area contributed by atoms with Gasteiger partial charge in [-0.3, -0.25) is 0 Å². The van der Waals surface area contributed by atoms with Crippen molar-refractivity contribution in [1.82, 2.24) is 9.55 Å². The minimum atomic E-state index is 0.527. The van der Waals surface area contributed by atoms with Gasteiger partial charge in [-0.15, -0.1) is 0 Å². The van der Waals surface area contributed by atoms with E-state index in [9.17, 15) is 0 Å². The van der Waals surface area contributed by atoms with Crippen molar-refractivity contribution in [2.24, 2.45) is 7.05 Å². The maximum Gasteiger partial charge on any atom is 0.0963 e. The zero-order valence-corrected chi connectivity index (χ0v) is 10.4. The molecule has 0 spiro atoms. The van der Waals surface area contributed by atoms with Gasteiger partial charge in [0.1, 0.15) is 0 Å². The molecule has 0 saturated carbocycles. The summed E-state index contributed by atoms with van der Waals surface area (Å²) in [4.78, 5) is 4.51. The summed E-state index contributed by atoms with van der Waals surface area (Å²) in [6.07, 6.45) is 1.89. The molecular formula is C15H16N2. The molecule has 0 radical (unpaired) electrons. The van der Waals surface area contributed by atoms with Crippen LogP contribution in [-0.4, -0.2) is 9.55 Å². The summed E-state index contributed by atoms with van der Waals surface area (Å²) < 4.78 is 2.09. The summed E-state index contributed by atoms with van der Waals surface area (Å²) in [7, 11) is 2.05. The number of rotatable bonds is 1. The molecule has 3 aromatic rings. The summed E-state index contributed by atoms with van der Waals surface area (Å²) in [6.45, 7) is 4.48. The van der Waals surface area contributed by atoms with Crippen molar-refractivity contribution in [3.8, 4) is 0 Å². The quantitative estimate of drug-likeness (QED) is 0.614. The van der Waals surface area contributed by atoms with Gasteiger partial charge in [0.2, 0.25) is 0 Å². The molecule has 86 valence electrons. The SMILES string of the molecule is CC(C)c1cc2c(ncn2C)c2ccccc12. The smallest absolute Gasteiger partial charge is 0.0963 e. The van der Waals surface area contributed by atoms with Gasteiger partial charge in [0.15, 0.2) is 0 Å². The zero-order chi connectivity index (χ0) is 12.0. The van der Waals surface area contributed by atoms with E-state index in [1.165, 1.54) is 21.9 Å². The van der Waals surface area contributed by atoms with Crippen LogP contribution >= 0.6 is 0 Å². The van der Waals surface area contributed by atoms with E-state index in [4.69, 9.17) is 0 Å². The molecule has 0 aliphatic rings. The number of aryl methyl sites for hydroxylation is 1. The number of aromatic nitrogens is 2. The van der Waals surface area contributed by atoms with Gasteiger partial charge in [-0.05, 0) is 22.9 Å². The first-order valence-corrected chi connectivity index (χ1v) is 6.01. The van der Waals surface area contributed by atoms with Gasteiger partial charge >= 0.3 is 0 Å². The number of benzene rings is 2. The van der Waals surface area contributed by atoms with Crippen molar-refractivity contribution < 1.29 is 0 Å². The average Bonchev–Trinajstić information content (AvgIpc) is 2.70. The van der Waals surface area contributed by atoms with Gasteiger partial charge < -0.3 is 4.57 Å². The van der Waals surface area contributed by atoms with Crippen LogP contribution in [0.15, 0.2) is 36.7 Å². The molecule has 0 amide bonds. The Hall–Kier alpha value is -1.83. The molecule has 0 bridgehead atoms. The molecule has 1 heterocycles. The molecule has 0 fully saturated rings. The molecule has 2 aromatic carbocycles. The number of nitrogens with zero attached hydrogens (tertiary/aromatic N) is 2. The third kappa shape index (κ3) is 1.44. The maximum absolute atomic E-state index is 4.51. The first-order valence-electron chi connectivity index (χ1n) is 6.01. The van der Waals surface area contributed by atoms with Crippen molar-refractivity contribution in [1.29, 1.82) is 0 Å². The minimum absolute atomic E-state index is 0.527. The van der Waals surface area contributed by atoms with E-state index in [0.717, 1.165) is 5.52 Å². The Morgan fingerprint density at radius 1 is 1.12 bits per heavy atom. The number of imidazole rings is 1. The predicted molar refractivity (Wildman–Crippen MR) is 72.3 cm³/mol. The Morgan fingerprint density at radius 2 is 1.82 bits per heavy atom. The number of hydrogen-bond acceptors (Lipinski definition) is 1. The molecule has 0 aliphatic heterocycles. The molecule has 0 aliphatic carbocycles.